The Balaban J connectivity index is 1.45. The Morgan fingerprint density at radius 2 is 1.66 bits per heavy atom. The molecule has 1 N–H and O–H groups in total. The first-order chi connectivity index (χ1) is 18.5. The van der Waals surface area contributed by atoms with Crippen LogP contribution in [0.2, 0.25) is 5.02 Å². The van der Waals surface area contributed by atoms with E-state index in [2.05, 4.69) is 23.5 Å². The SMILES string of the molecule is O=C(CSc1nc2c(c(=O)n1-c1ccccc1)C1(CCCCC1)Cc1ccccc1-2)Nc1ccc(Cl)cc1. The van der Waals surface area contributed by atoms with Gasteiger partial charge < -0.3 is 5.32 Å². The number of anilines is 1. The zero-order valence-electron chi connectivity index (χ0n) is 21.0. The lowest BCUT2D eigenvalue weighted by Gasteiger charge is -2.42. The minimum absolute atomic E-state index is 0.0155. The van der Waals surface area contributed by atoms with E-state index in [0.29, 0.717) is 15.9 Å². The van der Waals surface area contributed by atoms with E-state index < -0.39 is 0 Å². The molecule has 0 aliphatic heterocycles. The number of nitrogens with zero attached hydrogens (tertiary/aromatic N) is 2. The lowest BCUT2D eigenvalue weighted by molar-refractivity contribution is -0.113. The van der Waals surface area contributed by atoms with Crippen LogP contribution in [0.4, 0.5) is 5.69 Å². The van der Waals surface area contributed by atoms with E-state index in [1.54, 1.807) is 28.8 Å². The van der Waals surface area contributed by atoms with Gasteiger partial charge in [0.05, 0.1) is 22.7 Å². The molecule has 1 amide bonds. The van der Waals surface area contributed by atoms with Gasteiger partial charge in [-0.05, 0) is 61.2 Å². The molecule has 1 saturated carbocycles. The van der Waals surface area contributed by atoms with E-state index in [1.165, 1.54) is 23.7 Å². The second kappa shape index (κ2) is 10.4. The van der Waals surface area contributed by atoms with Gasteiger partial charge in [0.25, 0.3) is 5.56 Å². The number of carbonyl (C=O) groups excluding carboxylic acids is 1. The molecule has 4 aromatic rings. The van der Waals surface area contributed by atoms with Gasteiger partial charge in [-0.25, -0.2) is 4.98 Å². The summed E-state index contributed by atoms with van der Waals surface area (Å²) >= 11 is 7.25. The Labute approximate surface area is 231 Å². The second-order valence-corrected chi connectivity index (χ2v) is 11.5. The monoisotopic (exact) mass is 541 g/mol. The number of nitrogens with one attached hydrogen (secondary N) is 1. The van der Waals surface area contributed by atoms with Crippen LogP contribution in [0.3, 0.4) is 0 Å². The number of para-hydroxylation sites is 1. The minimum atomic E-state index is -0.197. The molecule has 0 atom stereocenters. The summed E-state index contributed by atoms with van der Waals surface area (Å²) in [5.74, 6) is -0.0546. The molecule has 6 rings (SSSR count). The fraction of sp³-hybridized carbons (Fsp3) is 0.258. The molecule has 2 aliphatic rings. The summed E-state index contributed by atoms with van der Waals surface area (Å²) in [5.41, 5.74) is 5.13. The quantitative estimate of drug-likeness (QED) is 0.217. The highest BCUT2D eigenvalue weighted by molar-refractivity contribution is 7.99. The van der Waals surface area contributed by atoms with Crippen molar-refractivity contribution in [3.05, 3.63) is 105 Å². The summed E-state index contributed by atoms with van der Waals surface area (Å²) in [6.45, 7) is 0. The minimum Gasteiger partial charge on any atom is -0.325 e. The molecule has 5 nitrogen and oxygen atoms in total. The summed E-state index contributed by atoms with van der Waals surface area (Å²) < 4.78 is 1.71. The highest BCUT2D eigenvalue weighted by atomic mass is 35.5. The molecule has 2 aliphatic carbocycles. The average Bonchev–Trinajstić information content (AvgIpc) is 2.94. The largest absolute Gasteiger partial charge is 0.325 e. The summed E-state index contributed by atoms with van der Waals surface area (Å²) in [6, 6.07) is 25.0. The number of hydrogen-bond donors (Lipinski definition) is 1. The molecule has 1 fully saturated rings. The topological polar surface area (TPSA) is 64.0 Å². The summed E-state index contributed by atoms with van der Waals surface area (Å²) in [5, 5.41) is 4.04. The number of thioether (sulfide) groups is 1. The van der Waals surface area contributed by atoms with Gasteiger partial charge in [-0.15, -0.1) is 0 Å². The fourth-order valence-corrected chi connectivity index (χ4v) is 6.88. The van der Waals surface area contributed by atoms with Crippen molar-refractivity contribution in [3.8, 4) is 16.9 Å². The predicted octanol–water partition coefficient (Wildman–Crippen LogP) is 7.04. The maximum absolute atomic E-state index is 14.5. The van der Waals surface area contributed by atoms with Gasteiger partial charge in [-0.3, -0.25) is 14.2 Å². The third-order valence-electron chi connectivity index (χ3n) is 7.67. The number of hydrogen-bond acceptors (Lipinski definition) is 4. The lowest BCUT2D eigenvalue weighted by Crippen LogP contribution is -2.43. The number of rotatable bonds is 5. The smallest absolute Gasteiger partial charge is 0.263 e. The zero-order chi connectivity index (χ0) is 26.1. The number of halogens is 1. The van der Waals surface area contributed by atoms with Crippen molar-refractivity contribution in [1.29, 1.82) is 0 Å². The van der Waals surface area contributed by atoms with Gasteiger partial charge in [-0.2, -0.15) is 0 Å². The number of amides is 1. The standard InChI is InChI=1S/C31H28ClN3O2S/c32-22-13-15-23(16-14-22)33-26(36)20-38-30-34-28-25-12-6-5-9-21(25)19-31(17-7-2-8-18-31)27(28)29(37)35(30)24-10-3-1-4-11-24/h1,3-6,9-16H,2,7-8,17-20H2,(H,33,36). The van der Waals surface area contributed by atoms with Crippen molar-refractivity contribution < 1.29 is 4.79 Å². The van der Waals surface area contributed by atoms with Gasteiger partial charge in [0, 0.05) is 21.7 Å². The molecule has 3 aromatic carbocycles. The van der Waals surface area contributed by atoms with Crippen LogP contribution in [-0.4, -0.2) is 21.2 Å². The van der Waals surface area contributed by atoms with Crippen molar-refractivity contribution in [1.82, 2.24) is 9.55 Å². The summed E-state index contributed by atoms with van der Waals surface area (Å²) in [4.78, 5) is 32.5. The normalized spacial score (nSPS) is 15.5. The molecule has 1 heterocycles. The van der Waals surface area contributed by atoms with Crippen molar-refractivity contribution >= 4 is 35.0 Å². The fourth-order valence-electron chi connectivity index (χ4n) is 5.95. The van der Waals surface area contributed by atoms with E-state index >= 15 is 0 Å². The van der Waals surface area contributed by atoms with Crippen LogP contribution in [0.15, 0.2) is 88.8 Å². The molecule has 1 aromatic heterocycles. The lowest BCUT2D eigenvalue weighted by atomic mass is 9.62. The number of fused-ring (bicyclic) bond motifs is 4. The Kier molecular flexibility index (Phi) is 6.85. The Bertz CT molecular complexity index is 1540. The number of aromatic nitrogens is 2. The molecule has 0 unspecified atom stereocenters. The van der Waals surface area contributed by atoms with Crippen molar-refractivity contribution in [2.75, 3.05) is 11.1 Å². The van der Waals surface area contributed by atoms with Crippen LogP contribution in [0.25, 0.3) is 16.9 Å². The van der Waals surface area contributed by atoms with Crippen LogP contribution in [0.5, 0.6) is 0 Å². The molecule has 38 heavy (non-hydrogen) atoms. The van der Waals surface area contributed by atoms with Crippen LogP contribution in [-0.2, 0) is 16.6 Å². The molecule has 192 valence electrons. The second-order valence-electron chi connectivity index (χ2n) is 10.1. The summed E-state index contributed by atoms with van der Waals surface area (Å²) in [6.07, 6.45) is 6.31. The maximum atomic E-state index is 14.5. The van der Waals surface area contributed by atoms with E-state index in [1.807, 2.05) is 36.4 Å². The third-order valence-corrected chi connectivity index (χ3v) is 8.86. The van der Waals surface area contributed by atoms with E-state index in [4.69, 9.17) is 16.6 Å². The third kappa shape index (κ3) is 4.67. The van der Waals surface area contributed by atoms with E-state index in [9.17, 15) is 9.59 Å². The molecule has 0 radical (unpaired) electrons. The van der Waals surface area contributed by atoms with Gasteiger partial charge >= 0.3 is 0 Å². The highest BCUT2D eigenvalue weighted by Crippen LogP contribution is 2.49. The Hall–Kier alpha value is -3.35. The Morgan fingerprint density at radius 1 is 0.947 bits per heavy atom. The molecular formula is C31H28ClN3O2S. The molecule has 7 heteroatoms. The molecular weight excluding hydrogens is 514 g/mol. The van der Waals surface area contributed by atoms with Crippen molar-refractivity contribution in [2.24, 2.45) is 0 Å². The highest BCUT2D eigenvalue weighted by Gasteiger charge is 2.43. The first-order valence-corrected chi connectivity index (χ1v) is 14.4. The Morgan fingerprint density at radius 3 is 2.42 bits per heavy atom. The van der Waals surface area contributed by atoms with Crippen molar-refractivity contribution in [3.63, 3.8) is 0 Å². The van der Waals surface area contributed by atoms with Crippen LogP contribution >= 0.6 is 23.4 Å². The van der Waals surface area contributed by atoms with E-state index in [0.717, 1.165) is 54.6 Å². The zero-order valence-corrected chi connectivity index (χ0v) is 22.5. The number of carbonyl (C=O) groups is 1. The molecule has 0 bridgehead atoms. The predicted molar refractivity (Wildman–Crippen MR) is 155 cm³/mol. The van der Waals surface area contributed by atoms with Gasteiger partial charge in [0.15, 0.2) is 5.16 Å². The van der Waals surface area contributed by atoms with Crippen molar-refractivity contribution in [2.45, 2.75) is 49.1 Å². The average molecular weight is 542 g/mol. The molecule has 1 spiro atoms. The van der Waals surface area contributed by atoms with Gasteiger partial charge in [0.2, 0.25) is 5.91 Å². The first-order valence-electron chi connectivity index (χ1n) is 13.0. The number of benzene rings is 3. The van der Waals surface area contributed by atoms with Gasteiger partial charge in [0.1, 0.15) is 0 Å². The van der Waals surface area contributed by atoms with Crippen LogP contribution in [0.1, 0.15) is 43.2 Å². The van der Waals surface area contributed by atoms with E-state index in [-0.39, 0.29) is 22.6 Å². The molecule has 0 saturated heterocycles. The van der Waals surface area contributed by atoms with Crippen LogP contribution in [0, 0.1) is 0 Å². The van der Waals surface area contributed by atoms with Crippen LogP contribution < -0.4 is 10.9 Å². The first kappa shape index (κ1) is 25.0. The summed E-state index contributed by atoms with van der Waals surface area (Å²) in [7, 11) is 0. The maximum Gasteiger partial charge on any atom is 0.263 e. The van der Waals surface area contributed by atoms with Gasteiger partial charge in [-0.1, -0.05) is 85.1 Å².